The van der Waals surface area contributed by atoms with E-state index < -0.39 is 10.0 Å². The molecule has 0 unspecified atom stereocenters. The van der Waals surface area contributed by atoms with E-state index in [-0.39, 0.29) is 18.5 Å². The number of benzene rings is 1. The Kier molecular flexibility index (Phi) is 4.55. The summed E-state index contributed by atoms with van der Waals surface area (Å²) in [7, 11) is -3.34. The SMILES string of the molecule is CC(C)OCCS(=O)(=O)N1CCCc2cc(N)ccc21. The van der Waals surface area contributed by atoms with E-state index in [0.29, 0.717) is 12.2 Å². The third-order valence-electron chi connectivity index (χ3n) is 3.31. The van der Waals surface area contributed by atoms with Crippen LogP contribution in [0.5, 0.6) is 0 Å². The van der Waals surface area contributed by atoms with Crippen molar-refractivity contribution in [3.8, 4) is 0 Å². The highest BCUT2D eigenvalue weighted by atomic mass is 32.2. The van der Waals surface area contributed by atoms with Crippen molar-refractivity contribution in [1.82, 2.24) is 0 Å². The molecule has 112 valence electrons. The molecule has 0 aromatic heterocycles. The van der Waals surface area contributed by atoms with Crippen molar-refractivity contribution in [3.63, 3.8) is 0 Å². The van der Waals surface area contributed by atoms with Crippen LogP contribution in [0.2, 0.25) is 0 Å². The number of hydrogen-bond donors (Lipinski definition) is 1. The summed E-state index contributed by atoms with van der Waals surface area (Å²) >= 11 is 0. The molecule has 1 aromatic carbocycles. The molecule has 0 amide bonds. The maximum Gasteiger partial charge on any atom is 0.237 e. The van der Waals surface area contributed by atoms with Gasteiger partial charge in [-0.1, -0.05) is 0 Å². The summed E-state index contributed by atoms with van der Waals surface area (Å²) in [6.07, 6.45) is 1.73. The van der Waals surface area contributed by atoms with Crippen LogP contribution in [0.1, 0.15) is 25.8 Å². The quantitative estimate of drug-likeness (QED) is 0.841. The first kappa shape index (κ1) is 15.1. The van der Waals surface area contributed by atoms with Crippen molar-refractivity contribution >= 4 is 21.4 Å². The molecule has 1 heterocycles. The van der Waals surface area contributed by atoms with Gasteiger partial charge in [0.15, 0.2) is 0 Å². The number of ether oxygens (including phenoxy) is 1. The zero-order valence-corrected chi connectivity index (χ0v) is 12.8. The lowest BCUT2D eigenvalue weighted by Gasteiger charge is -2.30. The first-order valence-corrected chi connectivity index (χ1v) is 8.51. The third-order valence-corrected chi connectivity index (χ3v) is 5.04. The second-order valence-corrected chi connectivity index (χ2v) is 7.31. The molecule has 1 aliphatic rings. The fraction of sp³-hybridized carbons (Fsp3) is 0.571. The molecule has 0 aliphatic carbocycles. The van der Waals surface area contributed by atoms with E-state index in [0.717, 1.165) is 24.1 Å². The van der Waals surface area contributed by atoms with Crippen molar-refractivity contribution in [2.75, 3.05) is 28.9 Å². The molecule has 1 aromatic rings. The van der Waals surface area contributed by atoms with E-state index in [9.17, 15) is 8.42 Å². The number of nitrogens with zero attached hydrogens (tertiary/aromatic N) is 1. The normalized spacial score (nSPS) is 15.4. The zero-order chi connectivity index (χ0) is 14.8. The molecule has 2 rings (SSSR count). The van der Waals surface area contributed by atoms with Gasteiger partial charge in [0.05, 0.1) is 24.2 Å². The Morgan fingerprint density at radius 3 is 2.85 bits per heavy atom. The number of hydrogen-bond acceptors (Lipinski definition) is 4. The molecule has 2 N–H and O–H groups in total. The Morgan fingerprint density at radius 1 is 1.40 bits per heavy atom. The maximum atomic E-state index is 12.4. The summed E-state index contributed by atoms with van der Waals surface area (Å²) in [6.45, 7) is 4.54. The topological polar surface area (TPSA) is 72.6 Å². The van der Waals surface area contributed by atoms with Gasteiger partial charge in [-0.15, -0.1) is 0 Å². The van der Waals surface area contributed by atoms with Crippen LogP contribution in [-0.4, -0.2) is 33.4 Å². The lowest BCUT2D eigenvalue weighted by atomic mass is 10.0. The molecular weight excluding hydrogens is 276 g/mol. The lowest BCUT2D eigenvalue weighted by Crippen LogP contribution is -2.38. The predicted octanol–water partition coefficient (Wildman–Crippen LogP) is 1.78. The van der Waals surface area contributed by atoms with Gasteiger partial charge >= 0.3 is 0 Å². The molecule has 0 spiro atoms. The Balaban J connectivity index is 2.17. The van der Waals surface area contributed by atoms with E-state index in [4.69, 9.17) is 10.5 Å². The molecular formula is C14H22N2O3S. The van der Waals surface area contributed by atoms with Crippen molar-refractivity contribution in [3.05, 3.63) is 23.8 Å². The molecule has 0 saturated heterocycles. The van der Waals surface area contributed by atoms with Crippen LogP contribution in [0.15, 0.2) is 18.2 Å². The Morgan fingerprint density at radius 2 is 2.15 bits per heavy atom. The highest BCUT2D eigenvalue weighted by Crippen LogP contribution is 2.30. The van der Waals surface area contributed by atoms with Crippen LogP contribution in [0, 0.1) is 0 Å². The molecule has 0 saturated carbocycles. The van der Waals surface area contributed by atoms with Crippen LogP contribution in [0.3, 0.4) is 0 Å². The van der Waals surface area contributed by atoms with Crippen LogP contribution in [0.25, 0.3) is 0 Å². The van der Waals surface area contributed by atoms with Crippen LogP contribution < -0.4 is 10.0 Å². The molecule has 20 heavy (non-hydrogen) atoms. The van der Waals surface area contributed by atoms with Gasteiger partial charge < -0.3 is 10.5 Å². The number of nitrogen functional groups attached to an aromatic ring is 1. The van der Waals surface area contributed by atoms with Crippen LogP contribution in [0.4, 0.5) is 11.4 Å². The number of sulfonamides is 1. The van der Waals surface area contributed by atoms with Gasteiger partial charge in [-0.05, 0) is 50.5 Å². The highest BCUT2D eigenvalue weighted by Gasteiger charge is 2.27. The van der Waals surface area contributed by atoms with Gasteiger partial charge in [0.2, 0.25) is 10.0 Å². The summed E-state index contributed by atoms with van der Waals surface area (Å²) in [5, 5.41) is 0. The number of aryl methyl sites for hydroxylation is 1. The lowest BCUT2D eigenvalue weighted by molar-refractivity contribution is 0.0912. The minimum Gasteiger partial charge on any atom is -0.399 e. The fourth-order valence-electron chi connectivity index (χ4n) is 2.37. The summed E-state index contributed by atoms with van der Waals surface area (Å²) in [4.78, 5) is 0. The Hall–Kier alpha value is -1.27. The van der Waals surface area contributed by atoms with Crippen molar-refractivity contribution in [1.29, 1.82) is 0 Å². The number of rotatable bonds is 5. The fourth-order valence-corrected chi connectivity index (χ4v) is 3.78. The van der Waals surface area contributed by atoms with Gasteiger partial charge in [-0.3, -0.25) is 4.31 Å². The Labute approximate surface area is 120 Å². The Bertz CT molecular complexity index is 570. The minimum absolute atomic E-state index is 0.00893. The maximum absolute atomic E-state index is 12.4. The molecule has 0 radical (unpaired) electrons. The zero-order valence-electron chi connectivity index (χ0n) is 12.0. The van der Waals surface area contributed by atoms with Gasteiger partial charge in [0.25, 0.3) is 0 Å². The van der Waals surface area contributed by atoms with Crippen molar-refractivity contribution in [2.24, 2.45) is 0 Å². The van der Waals surface area contributed by atoms with Crippen LogP contribution in [-0.2, 0) is 21.2 Å². The summed E-state index contributed by atoms with van der Waals surface area (Å²) in [5.41, 5.74) is 8.20. The van der Waals surface area contributed by atoms with Gasteiger partial charge in [-0.2, -0.15) is 0 Å². The van der Waals surface area contributed by atoms with Crippen LogP contribution >= 0.6 is 0 Å². The monoisotopic (exact) mass is 298 g/mol. The van der Waals surface area contributed by atoms with Gasteiger partial charge in [0, 0.05) is 12.2 Å². The van der Waals surface area contributed by atoms with E-state index in [1.54, 1.807) is 12.1 Å². The second kappa shape index (κ2) is 6.01. The second-order valence-electron chi connectivity index (χ2n) is 5.30. The number of nitrogens with two attached hydrogens (primary N) is 1. The van der Waals surface area contributed by atoms with Gasteiger partial charge in [-0.25, -0.2) is 8.42 Å². The standard InChI is InChI=1S/C14H22N2O3S/c1-11(2)19-8-9-20(17,18)16-7-3-4-12-10-13(15)5-6-14(12)16/h5-6,10-11H,3-4,7-9,15H2,1-2H3. The molecule has 0 atom stereocenters. The summed E-state index contributed by atoms with van der Waals surface area (Å²) in [6, 6.07) is 5.41. The first-order valence-electron chi connectivity index (χ1n) is 6.90. The van der Waals surface area contributed by atoms with E-state index >= 15 is 0 Å². The molecule has 6 heteroatoms. The minimum atomic E-state index is -3.34. The molecule has 0 fully saturated rings. The number of fused-ring (bicyclic) bond motifs is 1. The average Bonchev–Trinajstić information content (AvgIpc) is 2.36. The average molecular weight is 298 g/mol. The molecule has 1 aliphatic heterocycles. The largest absolute Gasteiger partial charge is 0.399 e. The molecule has 0 bridgehead atoms. The number of anilines is 2. The van der Waals surface area contributed by atoms with E-state index in [1.807, 2.05) is 19.9 Å². The smallest absolute Gasteiger partial charge is 0.237 e. The molecule has 5 nitrogen and oxygen atoms in total. The third kappa shape index (κ3) is 3.43. The van der Waals surface area contributed by atoms with E-state index in [1.165, 1.54) is 4.31 Å². The first-order chi connectivity index (χ1) is 9.40. The van der Waals surface area contributed by atoms with Gasteiger partial charge in [0.1, 0.15) is 0 Å². The van der Waals surface area contributed by atoms with Crippen molar-refractivity contribution in [2.45, 2.75) is 32.8 Å². The summed E-state index contributed by atoms with van der Waals surface area (Å²) < 4.78 is 31.7. The van der Waals surface area contributed by atoms with E-state index in [2.05, 4.69) is 0 Å². The van der Waals surface area contributed by atoms with Crippen molar-refractivity contribution < 1.29 is 13.2 Å². The predicted molar refractivity (Wildman–Crippen MR) is 81.4 cm³/mol. The summed E-state index contributed by atoms with van der Waals surface area (Å²) in [5.74, 6) is 0.00893. The highest BCUT2D eigenvalue weighted by molar-refractivity contribution is 7.92.